The van der Waals surface area contributed by atoms with Crippen molar-refractivity contribution < 1.29 is 23.1 Å². The van der Waals surface area contributed by atoms with Crippen LogP contribution in [0, 0.1) is 18.8 Å². The first-order chi connectivity index (χ1) is 12.9. The Hall–Kier alpha value is -2.46. The van der Waals surface area contributed by atoms with Gasteiger partial charge in [0.1, 0.15) is 12.3 Å². The molecule has 2 aromatic heterocycles. The van der Waals surface area contributed by atoms with Gasteiger partial charge in [-0.25, -0.2) is 4.98 Å². The third-order valence-electron chi connectivity index (χ3n) is 4.16. The van der Waals surface area contributed by atoms with E-state index in [1.807, 2.05) is 0 Å². The van der Waals surface area contributed by atoms with E-state index < -0.39 is 17.8 Å². The molecule has 144 valence electrons. The fourth-order valence-corrected chi connectivity index (χ4v) is 3.57. The highest BCUT2D eigenvalue weighted by Gasteiger charge is 2.27. The van der Waals surface area contributed by atoms with Crippen molar-refractivity contribution in [2.75, 3.05) is 18.6 Å². The molecule has 0 aromatic carbocycles. The van der Waals surface area contributed by atoms with Gasteiger partial charge in [0.2, 0.25) is 11.9 Å². The highest BCUT2D eigenvalue weighted by atomic mass is 32.1. The quantitative estimate of drug-likeness (QED) is 0.759. The maximum absolute atomic E-state index is 13.6. The van der Waals surface area contributed by atoms with Crippen molar-refractivity contribution in [2.45, 2.75) is 32.2 Å². The number of carbonyl (C=O) groups is 2. The number of aromatic nitrogens is 2. The van der Waals surface area contributed by atoms with Gasteiger partial charge in [-0.3, -0.25) is 14.5 Å². The Labute approximate surface area is 158 Å². The molecule has 0 unspecified atom stereocenters. The van der Waals surface area contributed by atoms with Crippen LogP contribution in [0.15, 0.2) is 12.1 Å². The first-order valence-corrected chi connectivity index (χ1v) is 9.14. The smallest absolute Gasteiger partial charge is 0.271 e. The number of rotatable bonds is 6. The van der Waals surface area contributed by atoms with Gasteiger partial charge in [-0.05, 0) is 26.2 Å². The molecular formula is C17H18F2N4O3S. The number of amides is 2. The van der Waals surface area contributed by atoms with Crippen LogP contribution in [0.3, 0.4) is 0 Å². The second kappa shape index (κ2) is 8.05. The van der Waals surface area contributed by atoms with Crippen LogP contribution in [-0.2, 0) is 9.53 Å². The van der Waals surface area contributed by atoms with Crippen LogP contribution in [0.2, 0.25) is 0 Å². The van der Waals surface area contributed by atoms with Crippen LogP contribution in [0.1, 0.15) is 34.6 Å². The number of anilines is 2. The van der Waals surface area contributed by atoms with E-state index in [1.165, 1.54) is 7.11 Å². The Morgan fingerprint density at radius 1 is 1.30 bits per heavy atom. The second-order valence-corrected chi connectivity index (χ2v) is 7.32. The lowest BCUT2D eigenvalue weighted by atomic mass is 9.93. The molecule has 0 radical (unpaired) electrons. The van der Waals surface area contributed by atoms with Crippen molar-refractivity contribution in [2.24, 2.45) is 0 Å². The van der Waals surface area contributed by atoms with Crippen molar-refractivity contribution >= 4 is 34.0 Å². The fraction of sp³-hybridized carbons (Fsp3) is 0.412. The Bertz CT molecular complexity index is 850. The molecule has 1 N–H and O–H groups in total. The summed E-state index contributed by atoms with van der Waals surface area (Å²) in [6.45, 7) is 1.37. The van der Waals surface area contributed by atoms with Gasteiger partial charge in [0.25, 0.3) is 11.8 Å². The fourth-order valence-electron chi connectivity index (χ4n) is 2.63. The lowest BCUT2D eigenvalue weighted by Gasteiger charge is -2.26. The number of thiazole rings is 1. The molecule has 2 amide bonds. The molecule has 2 aromatic rings. The maximum atomic E-state index is 13.6. The molecule has 3 rings (SSSR count). The number of aryl methyl sites for hydroxylation is 1. The zero-order valence-electron chi connectivity index (χ0n) is 14.8. The third-order valence-corrected chi connectivity index (χ3v) is 5.11. The van der Waals surface area contributed by atoms with E-state index in [0.29, 0.717) is 4.88 Å². The van der Waals surface area contributed by atoms with Crippen molar-refractivity contribution in [1.29, 1.82) is 0 Å². The van der Waals surface area contributed by atoms with Crippen LogP contribution >= 0.6 is 11.3 Å². The number of nitrogens with one attached hydrogen (secondary N) is 1. The molecule has 2 heterocycles. The van der Waals surface area contributed by atoms with Gasteiger partial charge in [-0.15, -0.1) is 11.3 Å². The van der Waals surface area contributed by atoms with E-state index in [4.69, 9.17) is 4.74 Å². The standard InChI is InChI=1S/C17H18F2N4O3S/c1-9-15(16(25)20-10-4-3-5-10)22-17(27-9)23(14(24)8-26-2)11-6-12(18)21-13(19)7-11/h6-7,10H,3-5,8H2,1-2H3,(H,20,25). The lowest BCUT2D eigenvalue weighted by molar-refractivity contribution is -0.121. The molecule has 27 heavy (non-hydrogen) atoms. The minimum atomic E-state index is -1.07. The number of pyridine rings is 1. The first-order valence-electron chi connectivity index (χ1n) is 8.32. The largest absolute Gasteiger partial charge is 0.375 e. The van der Waals surface area contributed by atoms with Gasteiger partial charge in [0.05, 0.1) is 5.69 Å². The number of carbonyl (C=O) groups excluding carboxylic acids is 2. The summed E-state index contributed by atoms with van der Waals surface area (Å²) in [5.41, 5.74) is 0.105. The Balaban J connectivity index is 1.95. The summed E-state index contributed by atoms with van der Waals surface area (Å²) < 4.78 is 32.0. The molecule has 1 fully saturated rings. The molecule has 0 bridgehead atoms. The van der Waals surface area contributed by atoms with Gasteiger partial charge in [0, 0.05) is 30.2 Å². The van der Waals surface area contributed by atoms with Gasteiger partial charge in [-0.2, -0.15) is 13.8 Å². The van der Waals surface area contributed by atoms with E-state index in [1.54, 1.807) is 6.92 Å². The molecule has 10 heteroatoms. The monoisotopic (exact) mass is 396 g/mol. The molecule has 1 aliphatic carbocycles. The van der Waals surface area contributed by atoms with Crippen molar-refractivity contribution in [1.82, 2.24) is 15.3 Å². The molecular weight excluding hydrogens is 378 g/mol. The van der Waals surface area contributed by atoms with Gasteiger partial charge >= 0.3 is 0 Å². The zero-order valence-corrected chi connectivity index (χ0v) is 15.6. The predicted octanol–water partition coefficient (Wildman–Crippen LogP) is 2.72. The number of nitrogens with zero attached hydrogens (tertiary/aromatic N) is 3. The Morgan fingerprint density at radius 3 is 2.52 bits per heavy atom. The van der Waals surface area contributed by atoms with Crippen LogP contribution in [0.25, 0.3) is 0 Å². The molecule has 0 saturated heterocycles. The van der Waals surface area contributed by atoms with E-state index in [2.05, 4.69) is 15.3 Å². The second-order valence-electron chi connectivity index (χ2n) is 6.14. The molecule has 7 nitrogen and oxygen atoms in total. The Kier molecular flexibility index (Phi) is 5.76. The topological polar surface area (TPSA) is 84.4 Å². The highest BCUT2D eigenvalue weighted by molar-refractivity contribution is 7.16. The van der Waals surface area contributed by atoms with Crippen LogP contribution < -0.4 is 10.2 Å². The summed E-state index contributed by atoms with van der Waals surface area (Å²) in [6.07, 6.45) is 2.93. The minimum absolute atomic E-state index is 0.0817. The SMILES string of the molecule is COCC(=O)N(c1cc(F)nc(F)c1)c1nc(C(=O)NC2CCC2)c(C)s1. The van der Waals surface area contributed by atoms with Crippen LogP contribution in [-0.4, -0.2) is 41.5 Å². The minimum Gasteiger partial charge on any atom is -0.375 e. The number of ether oxygens (including phenoxy) is 1. The van der Waals surface area contributed by atoms with Crippen molar-refractivity contribution in [3.8, 4) is 0 Å². The average molecular weight is 396 g/mol. The van der Waals surface area contributed by atoms with Gasteiger partial charge in [0.15, 0.2) is 5.13 Å². The molecule has 0 spiro atoms. The predicted molar refractivity (Wildman–Crippen MR) is 95.1 cm³/mol. The zero-order chi connectivity index (χ0) is 19.6. The summed E-state index contributed by atoms with van der Waals surface area (Å²) >= 11 is 1.08. The number of halogens is 2. The number of hydrogen-bond donors (Lipinski definition) is 1. The normalized spacial score (nSPS) is 13.9. The maximum Gasteiger partial charge on any atom is 0.271 e. The third kappa shape index (κ3) is 4.28. The molecule has 0 aliphatic heterocycles. The van der Waals surface area contributed by atoms with Gasteiger partial charge < -0.3 is 10.1 Å². The highest BCUT2D eigenvalue weighted by Crippen LogP contribution is 2.32. The first kappa shape index (κ1) is 19.3. The lowest BCUT2D eigenvalue weighted by Crippen LogP contribution is -2.39. The van der Waals surface area contributed by atoms with Crippen LogP contribution in [0.5, 0.6) is 0 Å². The summed E-state index contributed by atoms with van der Waals surface area (Å²) in [6, 6.07) is 1.97. The van der Waals surface area contributed by atoms with Crippen molar-refractivity contribution in [3.63, 3.8) is 0 Å². The van der Waals surface area contributed by atoms with E-state index in [0.717, 1.165) is 47.6 Å². The van der Waals surface area contributed by atoms with Crippen LogP contribution in [0.4, 0.5) is 19.6 Å². The number of hydrogen-bond acceptors (Lipinski definition) is 6. The summed E-state index contributed by atoms with van der Waals surface area (Å²) in [4.78, 5) is 33.8. The van der Waals surface area contributed by atoms with E-state index in [9.17, 15) is 18.4 Å². The molecule has 0 atom stereocenters. The average Bonchev–Trinajstić information content (AvgIpc) is 2.91. The number of methoxy groups -OCH3 is 1. The molecule has 1 saturated carbocycles. The summed E-state index contributed by atoms with van der Waals surface area (Å²) in [5.74, 6) is -3.05. The summed E-state index contributed by atoms with van der Waals surface area (Å²) in [7, 11) is 1.33. The van der Waals surface area contributed by atoms with Gasteiger partial charge in [-0.1, -0.05) is 0 Å². The summed E-state index contributed by atoms with van der Waals surface area (Å²) in [5, 5.41) is 3.01. The van der Waals surface area contributed by atoms with Crippen molar-refractivity contribution in [3.05, 3.63) is 34.6 Å². The molecule has 1 aliphatic rings. The van der Waals surface area contributed by atoms with E-state index >= 15 is 0 Å². The Morgan fingerprint density at radius 2 is 1.96 bits per heavy atom. The van der Waals surface area contributed by atoms with E-state index in [-0.39, 0.29) is 35.1 Å².